The predicted octanol–water partition coefficient (Wildman–Crippen LogP) is 3.57. The molecule has 0 atom stereocenters. The summed E-state index contributed by atoms with van der Waals surface area (Å²) in [7, 11) is 0. The van der Waals surface area contributed by atoms with E-state index >= 15 is 0 Å². The standard InChI is InChI=1S/C13H12Cl2N2O2/c1-6(2)9-12(18)16-11(17-13(9)19)7-4-3-5-8(14)10(7)15/h3-6H,1-2H3,(H2,16,17,18,19). The van der Waals surface area contributed by atoms with Gasteiger partial charge >= 0.3 is 0 Å². The Morgan fingerprint density at radius 2 is 2.00 bits per heavy atom. The van der Waals surface area contributed by atoms with Crippen molar-refractivity contribution in [3.05, 3.63) is 44.2 Å². The summed E-state index contributed by atoms with van der Waals surface area (Å²) >= 11 is 12.0. The van der Waals surface area contributed by atoms with Crippen molar-refractivity contribution in [3.63, 3.8) is 0 Å². The average Bonchev–Trinajstić information content (AvgIpc) is 2.31. The van der Waals surface area contributed by atoms with Gasteiger partial charge in [0.2, 0.25) is 5.88 Å². The lowest BCUT2D eigenvalue weighted by Gasteiger charge is -2.09. The van der Waals surface area contributed by atoms with Crippen molar-refractivity contribution in [1.29, 1.82) is 0 Å². The van der Waals surface area contributed by atoms with Crippen LogP contribution in [-0.4, -0.2) is 15.1 Å². The monoisotopic (exact) mass is 298 g/mol. The van der Waals surface area contributed by atoms with Crippen molar-refractivity contribution >= 4 is 23.2 Å². The molecule has 1 aromatic carbocycles. The number of hydrogen-bond acceptors (Lipinski definition) is 3. The fourth-order valence-corrected chi connectivity index (χ4v) is 2.20. The van der Waals surface area contributed by atoms with Crippen LogP contribution < -0.4 is 5.56 Å². The molecule has 0 aliphatic heterocycles. The highest BCUT2D eigenvalue weighted by molar-refractivity contribution is 6.43. The second kappa shape index (κ2) is 5.23. The van der Waals surface area contributed by atoms with Crippen molar-refractivity contribution in [2.45, 2.75) is 19.8 Å². The van der Waals surface area contributed by atoms with E-state index in [1.54, 1.807) is 32.0 Å². The second-order valence-electron chi connectivity index (χ2n) is 4.41. The number of H-pyrrole nitrogens is 1. The van der Waals surface area contributed by atoms with Crippen LogP contribution in [0.2, 0.25) is 10.0 Å². The molecule has 6 heteroatoms. The molecule has 1 heterocycles. The summed E-state index contributed by atoms with van der Waals surface area (Å²) in [6.07, 6.45) is 0. The molecule has 0 fully saturated rings. The molecule has 2 rings (SSSR count). The van der Waals surface area contributed by atoms with E-state index in [-0.39, 0.29) is 33.8 Å². The van der Waals surface area contributed by atoms with Gasteiger partial charge in [0.25, 0.3) is 5.56 Å². The first-order chi connectivity index (χ1) is 8.91. The summed E-state index contributed by atoms with van der Waals surface area (Å²) in [6.45, 7) is 3.61. The zero-order chi connectivity index (χ0) is 14.2. The molecule has 0 aliphatic rings. The van der Waals surface area contributed by atoms with Gasteiger partial charge in [-0.2, -0.15) is 4.98 Å². The van der Waals surface area contributed by atoms with Gasteiger partial charge in [-0.1, -0.05) is 43.1 Å². The van der Waals surface area contributed by atoms with E-state index in [4.69, 9.17) is 23.2 Å². The van der Waals surface area contributed by atoms with Gasteiger partial charge < -0.3 is 10.1 Å². The highest BCUT2D eigenvalue weighted by atomic mass is 35.5. The van der Waals surface area contributed by atoms with Crippen molar-refractivity contribution in [3.8, 4) is 17.3 Å². The van der Waals surface area contributed by atoms with Crippen LogP contribution in [0.1, 0.15) is 25.3 Å². The van der Waals surface area contributed by atoms with Crippen molar-refractivity contribution in [2.24, 2.45) is 0 Å². The number of aromatic nitrogens is 2. The zero-order valence-corrected chi connectivity index (χ0v) is 11.9. The van der Waals surface area contributed by atoms with E-state index in [0.29, 0.717) is 10.6 Å². The molecular formula is C13H12Cl2N2O2. The van der Waals surface area contributed by atoms with E-state index in [1.165, 1.54) is 0 Å². The number of rotatable bonds is 2. The van der Waals surface area contributed by atoms with Crippen LogP contribution in [0.25, 0.3) is 11.4 Å². The largest absolute Gasteiger partial charge is 0.493 e. The molecule has 0 aliphatic carbocycles. The fourth-order valence-electron chi connectivity index (χ4n) is 1.81. The summed E-state index contributed by atoms with van der Waals surface area (Å²) < 4.78 is 0. The Morgan fingerprint density at radius 3 is 2.58 bits per heavy atom. The lowest BCUT2D eigenvalue weighted by atomic mass is 10.1. The molecule has 2 aromatic rings. The summed E-state index contributed by atoms with van der Waals surface area (Å²) in [5.41, 5.74) is 0.340. The summed E-state index contributed by atoms with van der Waals surface area (Å²) in [6, 6.07) is 4.99. The summed E-state index contributed by atoms with van der Waals surface area (Å²) in [5, 5.41) is 10.5. The number of aromatic hydroxyl groups is 1. The lowest BCUT2D eigenvalue weighted by Crippen LogP contribution is -2.16. The Bertz CT molecular complexity index is 681. The quantitative estimate of drug-likeness (QED) is 0.891. The number of aromatic amines is 1. The minimum absolute atomic E-state index is 0.125. The molecule has 4 nitrogen and oxygen atoms in total. The van der Waals surface area contributed by atoms with Gasteiger partial charge in [-0.05, 0) is 18.1 Å². The fraction of sp³-hybridized carbons (Fsp3) is 0.231. The van der Waals surface area contributed by atoms with Crippen molar-refractivity contribution < 1.29 is 5.11 Å². The Hall–Kier alpha value is -1.52. The maximum Gasteiger partial charge on any atom is 0.258 e. The normalized spacial score (nSPS) is 11.0. The minimum Gasteiger partial charge on any atom is -0.493 e. The van der Waals surface area contributed by atoms with Gasteiger partial charge in [0.05, 0.1) is 15.6 Å². The number of benzene rings is 1. The molecule has 0 radical (unpaired) electrons. The third-order valence-electron chi connectivity index (χ3n) is 2.72. The van der Waals surface area contributed by atoms with Crippen LogP contribution in [0.3, 0.4) is 0 Å². The number of nitrogens with one attached hydrogen (secondary N) is 1. The third kappa shape index (κ3) is 2.60. The van der Waals surface area contributed by atoms with Crippen LogP contribution >= 0.6 is 23.2 Å². The van der Waals surface area contributed by atoms with E-state index in [0.717, 1.165) is 0 Å². The molecular weight excluding hydrogens is 287 g/mol. The van der Waals surface area contributed by atoms with Crippen LogP contribution in [0.15, 0.2) is 23.0 Å². The molecule has 0 saturated carbocycles. The molecule has 1 aromatic heterocycles. The van der Waals surface area contributed by atoms with Crippen LogP contribution in [0.5, 0.6) is 5.88 Å². The van der Waals surface area contributed by atoms with Crippen LogP contribution in [0.4, 0.5) is 0 Å². The molecule has 2 N–H and O–H groups in total. The molecule has 0 unspecified atom stereocenters. The van der Waals surface area contributed by atoms with Gasteiger partial charge in [-0.3, -0.25) is 4.79 Å². The van der Waals surface area contributed by atoms with Crippen molar-refractivity contribution in [1.82, 2.24) is 9.97 Å². The molecule has 0 spiro atoms. The highest BCUT2D eigenvalue weighted by Gasteiger charge is 2.16. The zero-order valence-electron chi connectivity index (χ0n) is 10.4. The van der Waals surface area contributed by atoms with Gasteiger partial charge in [0.1, 0.15) is 5.82 Å². The Balaban J connectivity index is 2.66. The van der Waals surface area contributed by atoms with Gasteiger partial charge in [-0.25, -0.2) is 0 Å². The summed E-state index contributed by atoms with van der Waals surface area (Å²) in [5.74, 6) is -0.218. The lowest BCUT2D eigenvalue weighted by molar-refractivity contribution is 0.440. The highest BCUT2D eigenvalue weighted by Crippen LogP contribution is 2.32. The Morgan fingerprint density at radius 1 is 1.32 bits per heavy atom. The van der Waals surface area contributed by atoms with Gasteiger partial charge in [0, 0.05) is 5.56 Å². The third-order valence-corrected chi connectivity index (χ3v) is 3.54. The Labute approximate surface area is 120 Å². The Kier molecular flexibility index (Phi) is 3.83. The van der Waals surface area contributed by atoms with Crippen molar-refractivity contribution in [2.75, 3.05) is 0 Å². The van der Waals surface area contributed by atoms with Crippen LogP contribution in [0, 0.1) is 0 Å². The maximum atomic E-state index is 11.9. The second-order valence-corrected chi connectivity index (χ2v) is 5.19. The van der Waals surface area contributed by atoms with E-state index in [2.05, 4.69) is 9.97 Å². The van der Waals surface area contributed by atoms with Gasteiger partial charge in [-0.15, -0.1) is 0 Å². The van der Waals surface area contributed by atoms with E-state index in [9.17, 15) is 9.90 Å². The van der Waals surface area contributed by atoms with Gasteiger partial charge in [0.15, 0.2) is 0 Å². The number of hydrogen-bond donors (Lipinski definition) is 2. The van der Waals surface area contributed by atoms with Crippen LogP contribution in [-0.2, 0) is 0 Å². The molecule has 100 valence electrons. The molecule has 0 bridgehead atoms. The molecule has 0 saturated heterocycles. The summed E-state index contributed by atoms with van der Waals surface area (Å²) in [4.78, 5) is 18.5. The topological polar surface area (TPSA) is 66.0 Å². The number of halogens is 2. The first-order valence-electron chi connectivity index (χ1n) is 5.69. The first-order valence-corrected chi connectivity index (χ1v) is 6.45. The minimum atomic E-state index is -0.381. The molecule has 0 amide bonds. The smallest absolute Gasteiger partial charge is 0.258 e. The van der Waals surface area contributed by atoms with E-state index in [1.807, 2.05) is 0 Å². The predicted molar refractivity (Wildman–Crippen MR) is 76.1 cm³/mol. The first kappa shape index (κ1) is 13.9. The average molecular weight is 299 g/mol. The van der Waals surface area contributed by atoms with E-state index < -0.39 is 0 Å². The molecule has 19 heavy (non-hydrogen) atoms. The SMILES string of the molecule is CC(C)c1c(O)nc(-c2cccc(Cl)c2Cl)[nH]c1=O. The number of nitrogens with zero attached hydrogens (tertiary/aromatic N) is 1. The maximum absolute atomic E-state index is 11.9.